The minimum Gasteiger partial charge on any atom is -0.481 e. The first-order valence-electron chi connectivity index (χ1n) is 7.50. The van der Waals surface area contributed by atoms with Gasteiger partial charge in [-0.1, -0.05) is 12.1 Å². The van der Waals surface area contributed by atoms with E-state index in [0.717, 1.165) is 0 Å². The van der Waals surface area contributed by atoms with Crippen LogP contribution in [0.5, 0.6) is 5.75 Å². The van der Waals surface area contributed by atoms with Crippen LogP contribution in [-0.4, -0.2) is 40.0 Å². The van der Waals surface area contributed by atoms with Gasteiger partial charge in [0.2, 0.25) is 0 Å². The fourth-order valence-corrected chi connectivity index (χ4v) is 2.07. The van der Waals surface area contributed by atoms with E-state index in [1.165, 1.54) is 18.5 Å². The van der Waals surface area contributed by atoms with Crippen molar-refractivity contribution in [3.05, 3.63) is 60.0 Å². The van der Waals surface area contributed by atoms with Crippen molar-refractivity contribution in [3.8, 4) is 17.2 Å². The number of carbonyl (C=O) groups excluding carboxylic acids is 1. The summed E-state index contributed by atoms with van der Waals surface area (Å²) in [4.78, 5) is 22.7. The van der Waals surface area contributed by atoms with E-state index in [0.29, 0.717) is 22.8 Å². The van der Waals surface area contributed by atoms with Crippen LogP contribution in [0, 0.1) is 0 Å². The quantitative estimate of drug-likeness (QED) is 0.439. The van der Waals surface area contributed by atoms with Crippen molar-refractivity contribution in [2.24, 2.45) is 5.10 Å². The van der Waals surface area contributed by atoms with Crippen LogP contribution in [0.2, 0.25) is 0 Å². The predicted octanol–water partition coefficient (Wildman–Crippen LogP) is 1.90. The van der Waals surface area contributed by atoms with Crippen LogP contribution >= 0.6 is 0 Å². The third-order valence-corrected chi connectivity index (χ3v) is 3.24. The molecule has 3 aromatic rings. The molecule has 0 saturated heterocycles. The average Bonchev–Trinajstić information content (AvgIpc) is 3.32. The molecule has 132 valence electrons. The van der Waals surface area contributed by atoms with E-state index < -0.39 is 18.5 Å². The number of aromatic amines is 1. The Kier molecular flexibility index (Phi) is 5.08. The minimum atomic E-state index is -1.09. The molecular formula is C17H14N4O5. The van der Waals surface area contributed by atoms with Crippen LogP contribution < -0.4 is 10.2 Å². The lowest BCUT2D eigenvalue weighted by molar-refractivity contribution is -0.139. The van der Waals surface area contributed by atoms with Gasteiger partial charge < -0.3 is 14.3 Å². The summed E-state index contributed by atoms with van der Waals surface area (Å²) in [6, 6.07) is 11.7. The number of nitrogens with zero attached hydrogens (tertiary/aromatic N) is 2. The average molecular weight is 354 g/mol. The van der Waals surface area contributed by atoms with E-state index in [1.807, 2.05) is 0 Å². The van der Waals surface area contributed by atoms with Crippen LogP contribution in [0.1, 0.15) is 16.1 Å². The number of rotatable bonds is 7. The first-order chi connectivity index (χ1) is 12.6. The Morgan fingerprint density at radius 3 is 2.92 bits per heavy atom. The molecule has 3 N–H and O–H groups in total. The van der Waals surface area contributed by atoms with E-state index in [2.05, 4.69) is 20.7 Å². The highest BCUT2D eigenvalue weighted by molar-refractivity contribution is 5.94. The molecule has 0 aliphatic rings. The lowest BCUT2D eigenvalue weighted by Crippen LogP contribution is -2.18. The van der Waals surface area contributed by atoms with Gasteiger partial charge in [0.15, 0.2) is 18.1 Å². The SMILES string of the molecule is O=C(O)COc1ccccc1/C=N\NC(=O)c1cc(-c2ccco2)[nH]n1. The second kappa shape index (κ2) is 7.79. The summed E-state index contributed by atoms with van der Waals surface area (Å²) in [5, 5.41) is 19.1. The number of carboxylic acids is 1. The lowest BCUT2D eigenvalue weighted by Gasteiger charge is -2.05. The van der Waals surface area contributed by atoms with E-state index in [1.54, 1.807) is 36.4 Å². The number of aromatic nitrogens is 2. The number of benzene rings is 1. The maximum Gasteiger partial charge on any atom is 0.341 e. The number of carboxylic acid groups (broad SMARTS) is 1. The molecule has 0 aliphatic heterocycles. The molecule has 1 amide bonds. The molecule has 0 saturated carbocycles. The summed E-state index contributed by atoms with van der Waals surface area (Å²) in [5.74, 6) is -0.701. The van der Waals surface area contributed by atoms with Crippen LogP contribution in [-0.2, 0) is 4.79 Å². The van der Waals surface area contributed by atoms with Crippen LogP contribution in [0.3, 0.4) is 0 Å². The Balaban J connectivity index is 1.64. The predicted molar refractivity (Wildman–Crippen MR) is 90.9 cm³/mol. The highest BCUT2D eigenvalue weighted by Crippen LogP contribution is 2.18. The molecule has 9 heteroatoms. The Bertz CT molecular complexity index is 930. The lowest BCUT2D eigenvalue weighted by atomic mass is 10.2. The van der Waals surface area contributed by atoms with Crippen LogP contribution in [0.4, 0.5) is 0 Å². The van der Waals surface area contributed by atoms with Crippen molar-refractivity contribution < 1.29 is 23.8 Å². The Hall–Kier alpha value is -3.88. The molecule has 3 rings (SSSR count). The van der Waals surface area contributed by atoms with Gasteiger partial charge in [-0.3, -0.25) is 9.89 Å². The number of furan rings is 1. The summed E-state index contributed by atoms with van der Waals surface area (Å²) in [6.07, 6.45) is 2.87. The molecule has 1 aromatic carbocycles. The second-order valence-corrected chi connectivity index (χ2v) is 5.06. The molecule has 0 radical (unpaired) electrons. The molecule has 0 fully saturated rings. The number of ether oxygens (including phenoxy) is 1. The fraction of sp³-hybridized carbons (Fsp3) is 0.0588. The van der Waals surface area contributed by atoms with E-state index in [9.17, 15) is 9.59 Å². The van der Waals surface area contributed by atoms with Gasteiger partial charge in [0.25, 0.3) is 5.91 Å². The summed E-state index contributed by atoms with van der Waals surface area (Å²) in [6.45, 7) is -0.472. The molecular weight excluding hydrogens is 340 g/mol. The monoisotopic (exact) mass is 354 g/mol. The van der Waals surface area contributed by atoms with Gasteiger partial charge in [-0.25, -0.2) is 10.2 Å². The molecule has 26 heavy (non-hydrogen) atoms. The van der Waals surface area contributed by atoms with E-state index in [4.69, 9.17) is 14.3 Å². The fourth-order valence-electron chi connectivity index (χ4n) is 2.07. The maximum absolute atomic E-state index is 12.1. The molecule has 0 spiro atoms. The number of para-hydroxylation sites is 1. The second-order valence-electron chi connectivity index (χ2n) is 5.06. The number of hydrazone groups is 1. The smallest absolute Gasteiger partial charge is 0.341 e. The van der Waals surface area contributed by atoms with Gasteiger partial charge in [-0.15, -0.1) is 0 Å². The van der Waals surface area contributed by atoms with Gasteiger partial charge in [-0.05, 0) is 24.3 Å². The summed E-state index contributed by atoms with van der Waals surface area (Å²) >= 11 is 0. The standard InChI is InChI=1S/C17H14N4O5/c22-16(23)10-26-14-5-2-1-4-11(14)9-18-21-17(24)13-8-12(19-20-13)15-6-3-7-25-15/h1-9H,10H2,(H,19,20)(H,21,24)(H,22,23)/b18-9-. The minimum absolute atomic E-state index is 0.143. The molecule has 0 bridgehead atoms. The number of nitrogens with one attached hydrogen (secondary N) is 2. The van der Waals surface area contributed by atoms with Crippen molar-refractivity contribution in [2.75, 3.05) is 6.61 Å². The number of carbonyl (C=O) groups is 2. The van der Waals surface area contributed by atoms with Gasteiger partial charge in [0.05, 0.1) is 12.5 Å². The summed E-state index contributed by atoms with van der Waals surface area (Å²) < 4.78 is 10.4. The Morgan fingerprint density at radius 2 is 2.15 bits per heavy atom. The van der Waals surface area contributed by atoms with Crippen molar-refractivity contribution in [3.63, 3.8) is 0 Å². The number of amides is 1. The maximum atomic E-state index is 12.1. The number of hydrogen-bond donors (Lipinski definition) is 3. The van der Waals surface area contributed by atoms with Crippen molar-refractivity contribution in [2.45, 2.75) is 0 Å². The van der Waals surface area contributed by atoms with E-state index in [-0.39, 0.29) is 5.69 Å². The molecule has 2 heterocycles. The highest BCUT2D eigenvalue weighted by atomic mass is 16.5. The Labute approximate surface area is 147 Å². The summed E-state index contributed by atoms with van der Waals surface area (Å²) in [5.41, 5.74) is 3.57. The van der Waals surface area contributed by atoms with Crippen molar-refractivity contribution in [1.29, 1.82) is 0 Å². The molecule has 0 aliphatic carbocycles. The third-order valence-electron chi connectivity index (χ3n) is 3.24. The molecule has 2 aromatic heterocycles. The molecule has 0 unspecified atom stereocenters. The highest BCUT2D eigenvalue weighted by Gasteiger charge is 2.12. The number of hydrogen-bond acceptors (Lipinski definition) is 6. The Morgan fingerprint density at radius 1 is 1.31 bits per heavy atom. The number of H-pyrrole nitrogens is 1. The zero-order chi connectivity index (χ0) is 18.4. The largest absolute Gasteiger partial charge is 0.481 e. The van der Waals surface area contributed by atoms with Crippen LogP contribution in [0.15, 0.2) is 58.2 Å². The van der Waals surface area contributed by atoms with Crippen molar-refractivity contribution >= 4 is 18.1 Å². The van der Waals surface area contributed by atoms with Gasteiger partial charge in [-0.2, -0.15) is 10.2 Å². The number of aliphatic carboxylic acids is 1. The first kappa shape index (κ1) is 17.0. The van der Waals surface area contributed by atoms with Gasteiger partial charge in [0, 0.05) is 11.6 Å². The zero-order valence-corrected chi connectivity index (χ0v) is 13.4. The van der Waals surface area contributed by atoms with E-state index >= 15 is 0 Å². The summed E-state index contributed by atoms with van der Waals surface area (Å²) in [7, 11) is 0. The zero-order valence-electron chi connectivity index (χ0n) is 13.4. The molecule has 0 atom stereocenters. The molecule has 9 nitrogen and oxygen atoms in total. The van der Waals surface area contributed by atoms with Gasteiger partial charge in [0.1, 0.15) is 11.4 Å². The topological polar surface area (TPSA) is 130 Å². The third kappa shape index (κ3) is 4.15. The normalized spacial score (nSPS) is 10.8. The van der Waals surface area contributed by atoms with Crippen LogP contribution in [0.25, 0.3) is 11.5 Å². The van der Waals surface area contributed by atoms with Crippen molar-refractivity contribution in [1.82, 2.24) is 15.6 Å². The first-order valence-corrected chi connectivity index (χ1v) is 7.50. The van der Waals surface area contributed by atoms with Gasteiger partial charge >= 0.3 is 5.97 Å².